The summed E-state index contributed by atoms with van der Waals surface area (Å²) in [5.41, 5.74) is 1.71. The van der Waals surface area contributed by atoms with Gasteiger partial charge < -0.3 is 16.0 Å². The molecule has 5 amide bonds. The lowest BCUT2D eigenvalue weighted by atomic mass is 9.91. The van der Waals surface area contributed by atoms with Crippen LogP contribution >= 0.6 is 0 Å². The standard InChI is InChI=1S/C20H23N5O5S/c1-11-9-16(31(21,29)30)12(2)8-15(11)23-18(27)22-10-13-4-6-14(7-5-13)20(3)17(26)24-19(28)25-20/h4-9H,10H2,1-3H3,(H2,21,29,30)(H2,22,23,27)(H2,24,25,26,28). The van der Waals surface area contributed by atoms with E-state index in [-0.39, 0.29) is 11.4 Å². The summed E-state index contributed by atoms with van der Waals surface area (Å²) in [6.07, 6.45) is 0. The first-order valence-corrected chi connectivity index (χ1v) is 10.9. The van der Waals surface area contributed by atoms with E-state index < -0.39 is 33.5 Å². The van der Waals surface area contributed by atoms with Crippen LogP contribution < -0.4 is 26.4 Å². The molecule has 10 nitrogen and oxygen atoms in total. The number of imide groups is 1. The summed E-state index contributed by atoms with van der Waals surface area (Å²) in [6.45, 7) is 5.09. The Morgan fingerprint density at radius 2 is 1.74 bits per heavy atom. The first-order chi connectivity index (χ1) is 14.4. The fourth-order valence-corrected chi connectivity index (χ4v) is 4.13. The smallest absolute Gasteiger partial charge is 0.322 e. The van der Waals surface area contributed by atoms with Crippen LogP contribution in [0, 0.1) is 13.8 Å². The molecule has 164 valence electrons. The topological polar surface area (TPSA) is 159 Å². The molecule has 0 aromatic heterocycles. The minimum Gasteiger partial charge on any atom is -0.334 e. The Hall–Kier alpha value is -3.44. The number of rotatable bonds is 5. The third-order valence-corrected chi connectivity index (χ3v) is 6.16. The molecule has 3 rings (SSSR count). The molecule has 0 spiro atoms. The molecule has 11 heteroatoms. The quantitative estimate of drug-likeness (QED) is 0.438. The number of sulfonamides is 1. The highest BCUT2D eigenvalue weighted by molar-refractivity contribution is 7.89. The van der Waals surface area contributed by atoms with Gasteiger partial charge in [0.15, 0.2) is 0 Å². The van der Waals surface area contributed by atoms with Crippen molar-refractivity contribution in [2.45, 2.75) is 37.8 Å². The number of aryl methyl sites for hydroxylation is 2. The number of urea groups is 2. The van der Waals surface area contributed by atoms with E-state index in [0.29, 0.717) is 22.4 Å². The number of carbonyl (C=O) groups is 3. The summed E-state index contributed by atoms with van der Waals surface area (Å²) in [7, 11) is -3.84. The molecule has 31 heavy (non-hydrogen) atoms. The Bertz CT molecular complexity index is 1180. The summed E-state index contributed by atoms with van der Waals surface area (Å²) >= 11 is 0. The van der Waals surface area contributed by atoms with Crippen LogP contribution in [0.4, 0.5) is 15.3 Å². The van der Waals surface area contributed by atoms with Crippen LogP contribution in [-0.4, -0.2) is 26.4 Å². The summed E-state index contributed by atoms with van der Waals surface area (Å²) in [6, 6.07) is 8.85. The maximum atomic E-state index is 12.3. The van der Waals surface area contributed by atoms with Crippen LogP contribution in [0.2, 0.25) is 0 Å². The van der Waals surface area contributed by atoms with Gasteiger partial charge in [-0.2, -0.15) is 0 Å². The molecule has 2 aromatic rings. The van der Waals surface area contributed by atoms with E-state index >= 15 is 0 Å². The van der Waals surface area contributed by atoms with Crippen molar-refractivity contribution in [2.24, 2.45) is 5.14 Å². The van der Waals surface area contributed by atoms with Gasteiger partial charge in [-0.05, 0) is 55.2 Å². The van der Waals surface area contributed by atoms with Crippen molar-refractivity contribution in [1.82, 2.24) is 16.0 Å². The average Bonchev–Trinajstić information content (AvgIpc) is 2.95. The normalized spacial score (nSPS) is 18.3. The Labute approximate surface area is 179 Å². The zero-order chi connectivity index (χ0) is 23.0. The van der Waals surface area contributed by atoms with Crippen LogP contribution in [0.1, 0.15) is 29.2 Å². The second-order valence-corrected chi connectivity index (χ2v) is 9.05. The van der Waals surface area contributed by atoms with Crippen molar-refractivity contribution in [2.75, 3.05) is 5.32 Å². The lowest BCUT2D eigenvalue weighted by molar-refractivity contribution is -0.123. The molecular formula is C20H23N5O5S. The number of hydrogen-bond acceptors (Lipinski definition) is 5. The van der Waals surface area contributed by atoms with E-state index in [9.17, 15) is 22.8 Å². The van der Waals surface area contributed by atoms with Crippen molar-refractivity contribution in [3.05, 3.63) is 58.7 Å². The van der Waals surface area contributed by atoms with Gasteiger partial charge in [0, 0.05) is 12.2 Å². The predicted molar refractivity (Wildman–Crippen MR) is 114 cm³/mol. The lowest BCUT2D eigenvalue weighted by Gasteiger charge is -2.21. The second-order valence-electron chi connectivity index (χ2n) is 7.52. The van der Waals surface area contributed by atoms with Crippen LogP contribution in [0.5, 0.6) is 0 Å². The Morgan fingerprint density at radius 3 is 2.29 bits per heavy atom. The molecule has 1 unspecified atom stereocenters. The number of hydrogen-bond donors (Lipinski definition) is 5. The van der Waals surface area contributed by atoms with Gasteiger partial charge in [0.1, 0.15) is 5.54 Å². The highest BCUT2D eigenvalue weighted by Gasteiger charge is 2.43. The van der Waals surface area contributed by atoms with Gasteiger partial charge in [0.25, 0.3) is 5.91 Å². The van der Waals surface area contributed by atoms with Gasteiger partial charge in [-0.15, -0.1) is 0 Å². The minimum absolute atomic E-state index is 0.0110. The summed E-state index contributed by atoms with van der Waals surface area (Å²) in [5, 5.41) is 15.4. The van der Waals surface area contributed by atoms with Gasteiger partial charge >= 0.3 is 12.1 Å². The third kappa shape index (κ3) is 4.67. The van der Waals surface area contributed by atoms with Gasteiger partial charge in [-0.3, -0.25) is 10.1 Å². The fraction of sp³-hybridized carbons (Fsp3) is 0.250. The van der Waals surface area contributed by atoms with E-state index in [2.05, 4.69) is 21.3 Å². The van der Waals surface area contributed by atoms with Gasteiger partial charge in [0.05, 0.1) is 4.90 Å². The molecule has 1 aliphatic rings. The summed E-state index contributed by atoms with van der Waals surface area (Å²) in [5.74, 6) is -0.429. The SMILES string of the molecule is Cc1cc(S(N)(=O)=O)c(C)cc1NC(=O)NCc1ccc(C2(C)NC(=O)NC2=O)cc1. The van der Waals surface area contributed by atoms with Crippen molar-refractivity contribution in [3.63, 3.8) is 0 Å². The van der Waals surface area contributed by atoms with Crippen molar-refractivity contribution in [1.29, 1.82) is 0 Å². The maximum absolute atomic E-state index is 12.3. The zero-order valence-corrected chi connectivity index (χ0v) is 18.0. The number of carbonyl (C=O) groups excluding carboxylic acids is 3. The predicted octanol–water partition coefficient (Wildman–Crippen LogP) is 1.33. The molecule has 1 atom stereocenters. The number of primary sulfonamides is 1. The number of nitrogens with two attached hydrogens (primary N) is 1. The van der Waals surface area contributed by atoms with Gasteiger partial charge in [0.2, 0.25) is 10.0 Å². The Balaban J connectivity index is 1.63. The number of nitrogens with one attached hydrogen (secondary N) is 4. The Morgan fingerprint density at radius 1 is 1.10 bits per heavy atom. The highest BCUT2D eigenvalue weighted by atomic mass is 32.2. The van der Waals surface area contributed by atoms with E-state index in [0.717, 1.165) is 5.56 Å². The molecule has 1 saturated heterocycles. The van der Waals surface area contributed by atoms with Crippen LogP contribution in [0.25, 0.3) is 0 Å². The van der Waals surface area contributed by atoms with Crippen molar-refractivity contribution < 1.29 is 22.8 Å². The van der Waals surface area contributed by atoms with E-state index in [1.54, 1.807) is 51.1 Å². The second kappa shape index (κ2) is 8.00. The third-order valence-electron chi connectivity index (χ3n) is 5.11. The summed E-state index contributed by atoms with van der Waals surface area (Å²) < 4.78 is 23.2. The molecule has 1 fully saturated rings. The molecule has 1 aliphatic heterocycles. The molecule has 2 aromatic carbocycles. The molecule has 0 bridgehead atoms. The van der Waals surface area contributed by atoms with E-state index in [4.69, 9.17) is 5.14 Å². The van der Waals surface area contributed by atoms with Gasteiger partial charge in [-0.25, -0.2) is 23.1 Å². The van der Waals surface area contributed by atoms with Gasteiger partial charge in [-0.1, -0.05) is 24.3 Å². The van der Waals surface area contributed by atoms with Crippen LogP contribution in [-0.2, 0) is 26.9 Å². The first-order valence-electron chi connectivity index (χ1n) is 9.32. The van der Waals surface area contributed by atoms with E-state index in [1.165, 1.54) is 6.07 Å². The van der Waals surface area contributed by atoms with Crippen molar-refractivity contribution >= 4 is 33.7 Å². The minimum atomic E-state index is -3.84. The number of amides is 5. The average molecular weight is 446 g/mol. The summed E-state index contributed by atoms with van der Waals surface area (Å²) in [4.78, 5) is 35.7. The van der Waals surface area contributed by atoms with E-state index in [1.807, 2.05) is 0 Å². The molecule has 0 saturated carbocycles. The van der Waals surface area contributed by atoms with Crippen LogP contribution in [0.15, 0.2) is 41.3 Å². The molecule has 1 heterocycles. The lowest BCUT2D eigenvalue weighted by Crippen LogP contribution is -2.40. The number of anilines is 1. The molecule has 0 radical (unpaired) electrons. The monoisotopic (exact) mass is 445 g/mol. The van der Waals surface area contributed by atoms with Crippen molar-refractivity contribution in [3.8, 4) is 0 Å². The highest BCUT2D eigenvalue weighted by Crippen LogP contribution is 2.25. The number of benzene rings is 2. The fourth-order valence-electron chi connectivity index (χ4n) is 3.28. The maximum Gasteiger partial charge on any atom is 0.322 e. The Kier molecular flexibility index (Phi) is 5.74. The largest absolute Gasteiger partial charge is 0.334 e. The van der Waals surface area contributed by atoms with Crippen LogP contribution in [0.3, 0.4) is 0 Å². The molecule has 0 aliphatic carbocycles. The molecular weight excluding hydrogens is 422 g/mol. The first kappa shape index (κ1) is 22.2. The molecule has 6 N–H and O–H groups in total. The zero-order valence-electron chi connectivity index (χ0n) is 17.2.